The highest BCUT2D eigenvalue weighted by atomic mass is 16.5. The number of methoxy groups -OCH3 is 2. The third-order valence-corrected chi connectivity index (χ3v) is 4.24. The molecule has 0 aliphatic rings. The molecule has 0 unspecified atom stereocenters. The largest absolute Gasteiger partial charge is 0.507 e. The Labute approximate surface area is 152 Å². The van der Waals surface area contributed by atoms with Crippen molar-refractivity contribution >= 4 is 5.95 Å². The van der Waals surface area contributed by atoms with Gasteiger partial charge >= 0.3 is 0 Å². The predicted octanol–water partition coefficient (Wildman–Crippen LogP) is 3.68. The van der Waals surface area contributed by atoms with Crippen molar-refractivity contribution in [3.8, 4) is 39.6 Å². The lowest BCUT2D eigenvalue weighted by Crippen LogP contribution is -2.00. The molecule has 0 atom stereocenters. The van der Waals surface area contributed by atoms with E-state index in [1.807, 2.05) is 37.3 Å². The minimum Gasteiger partial charge on any atom is -0.507 e. The van der Waals surface area contributed by atoms with Crippen LogP contribution in [0.15, 0.2) is 42.6 Å². The van der Waals surface area contributed by atoms with Crippen LogP contribution in [-0.4, -0.2) is 29.3 Å². The first kappa shape index (κ1) is 17.5. The standard InChI is InChI=1S/C20H21N3O3/c1-4-12-9-15(17(24)10-18(12)26-3)19-16(11-22-20(21)23-19)13-5-7-14(25-2)8-6-13/h5-11,24H,4H2,1-3H3,(H2,21,22,23). The van der Waals surface area contributed by atoms with Gasteiger partial charge in [-0.25, -0.2) is 9.97 Å². The number of hydrogen-bond donors (Lipinski definition) is 2. The zero-order chi connectivity index (χ0) is 18.7. The maximum absolute atomic E-state index is 10.5. The van der Waals surface area contributed by atoms with E-state index < -0.39 is 0 Å². The van der Waals surface area contributed by atoms with Gasteiger partial charge in [-0.3, -0.25) is 0 Å². The second kappa shape index (κ2) is 7.31. The Morgan fingerprint density at radius 3 is 2.38 bits per heavy atom. The molecular formula is C20H21N3O3. The summed E-state index contributed by atoms with van der Waals surface area (Å²) in [7, 11) is 3.20. The average molecular weight is 351 g/mol. The molecule has 0 fully saturated rings. The van der Waals surface area contributed by atoms with Crippen LogP contribution in [0, 0.1) is 0 Å². The van der Waals surface area contributed by atoms with E-state index in [0.717, 1.165) is 28.9 Å². The highest BCUT2D eigenvalue weighted by Gasteiger charge is 2.17. The summed E-state index contributed by atoms with van der Waals surface area (Å²) >= 11 is 0. The number of benzene rings is 2. The Bertz CT molecular complexity index is 924. The van der Waals surface area contributed by atoms with Gasteiger partial charge in [0.05, 0.1) is 19.9 Å². The number of aryl methyl sites for hydroxylation is 1. The van der Waals surface area contributed by atoms with E-state index in [2.05, 4.69) is 9.97 Å². The predicted molar refractivity (Wildman–Crippen MR) is 101 cm³/mol. The lowest BCUT2D eigenvalue weighted by molar-refractivity contribution is 0.403. The molecule has 6 nitrogen and oxygen atoms in total. The van der Waals surface area contributed by atoms with E-state index in [9.17, 15) is 5.11 Å². The van der Waals surface area contributed by atoms with Crippen LogP contribution in [0.2, 0.25) is 0 Å². The van der Waals surface area contributed by atoms with Crippen molar-refractivity contribution in [2.75, 3.05) is 20.0 Å². The molecule has 0 amide bonds. The number of phenols is 1. The molecule has 6 heteroatoms. The van der Waals surface area contributed by atoms with Crippen molar-refractivity contribution < 1.29 is 14.6 Å². The fourth-order valence-electron chi connectivity index (χ4n) is 2.85. The number of anilines is 1. The monoisotopic (exact) mass is 351 g/mol. The minimum absolute atomic E-state index is 0.0758. The van der Waals surface area contributed by atoms with Gasteiger partial charge in [0.25, 0.3) is 0 Å². The highest BCUT2D eigenvalue weighted by Crippen LogP contribution is 2.39. The van der Waals surface area contributed by atoms with Crippen LogP contribution in [0.4, 0.5) is 5.95 Å². The molecule has 26 heavy (non-hydrogen) atoms. The van der Waals surface area contributed by atoms with Crippen molar-refractivity contribution in [2.24, 2.45) is 0 Å². The maximum atomic E-state index is 10.5. The summed E-state index contributed by atoms with van der Waals surface area (Å²) in [5, 5.41) is 10.5. The first-order valence-electron chi connectivity index (χ1n) is 8.24. The summed E-state index contributed by atoms with van der Waals surface area (Å²) < 4.78 is 10.5. The second-order valence-electron chi connectivity index (χ2n) is 5.75. The van der Waals surface area contributed by atoms with E-state index in [1.54, 1.807) is 26.5 Å². The summed E-state index contributed by atoms with van der Waals surface area (Å²) in [6, 6.07) is 11.0. The smallest absolute Gasteiger partial charge is 0.220 e. The van der Waals surface area contributed by atoms with Crippen molar-refractivity contribution in [3.63, 3.8) is 0 Å². The van der Waals surface area contributed by atoms with Crippen molar-refractivity contribution in [1.82, 2.24) is 9.97 Å². The summed E-state index contributed by atoms with van der Waals surface area (Å²) in [5.41, 5.74) is 9.61. The van der Waals surface area contributed by atoms with E-state index in [0.29, 0.717) is 17.0 Å². The Balaban J connectivity index is 2.20. The number of nitrogens with zero attached hydrogens (tertiary/aromatic N) is 2. The third kappa shape index (κ3) is 3.26. The van der Waals surface area contributed by atoms with Crippen LogP contribution in [0.25, 0.3) is 22.4 Å². The Morgan fingerprint density at radius 1 is 1.04 bits per heavy atom. The van der Waals surface area contributed by atoms with E-state index >= 15 is 0 Å². The van der Waals surface area contributed by atoms with E-state index in [4.69, 9.17) is 15.2 Å². The number of nitrogens with two attached hydrogens (primary N) is 1. The molecule has 0 bridgehead atoms. The number of nitrogen functional groups attached to an aromatic ring is 1. The zero-order valence-electron chi connectivity index (χ0n) is 15.0. The Morgan fingerprint density at radius 2 is 1.77 bits per heavy atom. The number of hydrogen-bond acceptors (Lipinski definition) is 6. The molecule has 0 spiro atoms. The molecular weight excluding hydrogens is 330 g/mol. The number of aromatic nitrogens is 2. The van der Waals surface area contributed by atoms with Crippen LogP contribution < -0.4 is 15.2 Å². The topological polar surface area (TPSA) is 90.5 Å². The molecule has 0 saturated heterocycles. The lowest BCUT2D eigenvalue weighted by atomic mass is 9.97. The fourth-order valence-corrected chi connectivity index (χ4v) is 2.85. The maximum Gasteiger partial charge on any atom is 0.220 e. The molecule has 0 aliphatic heterocycles. The lowest BCUT2D eigenvalue weighted by Gasteiger charge is -2.14. The zero-order valence-corrected chi connectivity index (χ0v) is 15.0. The van der Waals surface area contributed by atoms with Gasteiger partial charge in [0, 0.05) is 23.4 Å². The molecule has 0 saturated carbocycles. The van der Waals surface area contributed by atoms with Gasteiger partial charge in [-0.15, -0.1) is 0 Å². The second-order valence-corrected chi connectivity index (χ2v) is 5.75. The molecule has 0 aliphatic carbocycles. The number of rotatable bonds is 5. The normalized spacial score (nSPS) is 10.6. The van der Waals surface area contributed by atoms with Gasteiger partial charge in [-0.05, 0) is 35.7 Å². The van der Waals surface area contributed by atoms with Gasteiger partial charge in [-0.2, -0.15) is 0 Å². The highest BCUT2D eigenvalue weighted by molar-refractivity contribution is 5.84. The van der Waals surface area contributed by atoms with Gasteiger partial charge < -0.3 is 20.3 Å². The van der Waals surface area contributed by atoms with Gasteiger partial charge in [0.1, 0.15) is 17.2 Å². The number of ether oxygens (including phenoxy) is 2. The average Bonchev–Trinajstić information content (AvgIpc) is 2.67. The molecule has 134 valence electrons. The number of aromatic hydroxyl groups is 1. The third-order valence-electron chi connectivity index (χ3n) is 4.24. The van der Waals surface area contributed by atoms with Crippen molar-refractivity contribution in [1.29, 1.82) is 0 Å². The fraction of sp³-hybridized carbons (Fsp3) is 0.200. The first-order valence-corrected chi connectivity index (χ1v) is 8.24. The van der Waals surface area contributed by atoms with Gasteiger partial charge in [0.2, 0.25) is 5.95 Å². The van der Waals surface area contributed by atoms with Crippen LogP contribution in [-0.2, 0) is 6.42 Å². The quantitative estimate of drug-likeness (QED) is 0.729. The minimum atomic E-state index is 0.0758. The summed E-state index contributed by atoms with van der Waals surface area (Å²) in [6.07, 6.45) is 2.42. The van der Waals surface area contributed by atoms with Crippen LogP contribution in [0.1, 0.15) is 12.5 Å². The molecule has 3 aromatic rings. The first-order chi connectivity index (χ1) is 12.6. The SMILES string of the molecule is CCc1cc(-c2nc(N)ncc2-c2ccc(OC)cc2)c(O)cc1OC. The Kier molecular flexibility index (Phi) is 4.93. The van der Waals surface area contributed by atoms with Crippen molar-refractivity contribution in [3.05, 3.63) is 48.2 Å². The molecule has 2 aromatic carbocycles. The molecule has 1 heterocycles. The number of phenolic OH excluding ortho intramolecular Hbond substituents is 1. The molecule has 3 rings (SSSR count). The molecule has 0 radical (unpaired) electrons. The summed E-state index contributed by atoms with van der Waals surface area (Å²) in [6.45, 7) is 2.03. The van der Waals surface area contributed by atoms with E-state index in [1.165, 1.54) is 0 Å². The summed E-state index contributed by atoms with van der Waals surface area (Å²) in [5.74, 6) is 1.62. The summed E-state index contributed by atoms with van der Waals surface area (Å²) in [4.78, 5) is 8.51. The van der Waals surface area contributed by atoms with Gasteiger partial charge in [0.15, 0.2) is 0 Å². The van der Waals surface area contributed by atoms with Crippen molar-refractivity contribution in [2.45, 2.75) is 13.3 Å². The molecule has 1 aromatic heterocycles. The van der Waals surface area contributed by atoms with Gasteiger partial charge in [-0.1, -0.05) is 19.1 Å². The van der Waals surface area contributed by atoms with Crippen LogP contribution >= 0.6 is 0 Å². The van der Waals surface area contributed by atoms with E-state index in [-0.39, 0.29) is 11.7 Å². The van der Waals surface area contributed by atoms with Crippen LogP contribution in [0.3, 0.4) is 0 Å². The molecule has 3 N–H and O–H groups in total. The van der Waals surface area contributed by atoms with Crippen LogP contribution in [0.5, 0.6) is 17.2 Å². The Hall–Kier alpha value is -3.28.